The van der Waals surface area contributed by atoms with Crippen LogP contribution in [0, 0.1) is 0 Å². The Morgan fingerprint density at radius 2 is 2.00 bits per heavy atom. The quantitative estimate of drug-likeness (QED) is 0.0650. The van der Waals surface area contributed by atoms with Gasteiger partial charge in [-0.15, -0.1) is 23.1 Å². The Kier molecular flexibility index (Phi) is 9.59. The fourth-order valence-corrected chi connectivity index (χ4v) is 8.98. The largest absolute Gasteiger partial charge is 0.504 e. The Balaban J connectivity index is 1.18. The maximum Gasteiger partial charge on any atom is 0.352 e. The van der Waals surface area contributed by atoms with Gasteiger partial charge >= 0.3 is 11.9 Å². The van der Waals surface area contributed by atoms with E-state index in [4.69, 9.17) is 27.3 Å². The van der Waals surface area contributed by atoms with Crippen LogP contribution in [0.1, 0.15) is 35.8 Å². The molecule has 0 bridgehead atoms. The van der Waals surface area contributed by atoms with Crippen LogP contribution in [0.3, 0.4) is 0 Å². The number of thiazole rings is 1. The number of anilines is 1. The zero-order valence-corrected chi connectivity index (χ0v) is 28.8. The number of piperazine rings is 1. The Bertz CT molecular complexity index is 1850. The van der Waals surface area contributed by atoms with Crippen LogP contribution < -0.4 is 11.1 Å². The van der Waals surface area contributed by atoms with Gasteiger partial charge in [-0.1, -0.05) is 16.8 Å². The molecule has 3 saturated heterocycles. The smallest absolute Gasteiger partial charge is 0.352 e. The number of carbonyl (C=O) groups excluding carboxylic acids is 3. The Morgan fingerprint density at radius 3 is 2.68 bits per heavy atom. The number of aliphatic carboxylic acids is 2. The van der Waals surface area contributed by atoms with Crippen LogP contribution in [-0.2, 0) is 24.0 Å². The summed E-state index contributed by atoms with van der Waals surface area (Å²) < 4.78 is 0.545. The summed E-state index contributed by atoms with van der Waals surface area (Å²) in [7, 11) is 0. The Labute approximate surface area is 297 Å². The van der Waals surface area contributed by atoms with Gasteiger partial charge in [0.25, 0.3) is 17.7 Å². The lowest BCUT2D eigenvalue weighted by Gasteiger charge is -2.51. The first-order chi connectivity index (χ1) is 23.7. The number of carboxylic acids is 2. The lowest BCUT2D eigenvalue weighted by Crippen LogP contribution is -2.71. The number of aromatic hydroxyl groups is 2. The van der Waals surface area contributed by atoms with Gasteiger partial charge in [-0.05, 0) is 19.1 Å². The second-order valence-electron chi connectivity index (χ2n) is 12.4. The van der Waals surface area contributed by atoms with Crippen LogP contribution in [0.2, 0.25) is 5.02 Å². The van der Waals surface area contributed by atoms with Crippen LogP contribution in [-0.4, -0.2) is 137 Å². The molecule has 50 heavy (non-hydrogen) atoms. The van der Waals surface area contributed by atoms with E-state index in [9.17, 15) is 39.3 Å². The van der Waals surface area contributed by atoms with Gasteiger partial charge in [0.2, 0.25) is 6.10 Å². The molecule has 17 nitrogen and oxygen atoms in total. The van der Waals surface area contributed by atoms with E-state index in [2.05, 4.69) is 15.5 Å². The number of carbonyl (C=O) groups is 5. The molecule has 2 aromatic rings. The molecule has 0 saturated carbocycles. The number of halogens is 1. The lowest BCUT2D eigenvalue weighted by atomic mass is 10.0. The highest BCUT2D eigenvalue weighted by molar-refractivity contribution is 8.00. The third-order valence-electron chi connectivity index (χ3n) is 9.45. The number of fused-ring (bicyclic) bond motifs is 2. The predicted molar refractivity (Wildman–Crippen MR) is 179 cm³/mol. The number of benzene rings is 1. The highest BCUT2D eigenvalue weighted by Gasteiger charge is 2.56. The number of nitrogens with zero attached hydrogens (tertiary/aromatic N) is 5. The van der Waals surface area contributed by atoms with E-state index in [0.717, 1.165) is 30.7 Å². The van der Waals surface area contributed by atoms with Gasteiger partial charge in [0.1, 0.15) is 35.4 Å². The number of thioether (sulfide) groups is 1. The van der Waals surface area contributed by atoms with Crippen molar-refractivity contribution in [2.45, 2.75) is 43.3 Å². The SMILES string of the molecule is C[C@H](O/N=C(\C(=O)N[C@@H]1C(=O)N2C(C(=O)O)=C(C[N+]34CCC[C@H]3CN(C(=O)c3ccc(O)c(O)c3Cl)CC4)CS[C@H]12)c1csc(N)n1)C(=O)O. The molecule has 0 aliphatic carbocycles. The summed E-state index contributed by atoms with van der Waals surface area (Å²) in [5, 5.41) is 46.1. The normalized spacial score (nSPS) is 25.4. The molecule has 5 heterocycles. The van der Waals surface area contributed by atoms with Crippen molar-refractivity contribution >= 4 is 75.2 Å². The predicted octanol–water partition coefficient (Wildman–Crippen LogP) is 0.858. The van der Waals surface area contributed by atoms with Crippen molar-refractivity contribution in [1.82, 2.24) is 20.1 Å². The van der Waals surface area contributed by atoms with E-state index in [0.29, 0.717) is 36.2 Å². The van der Waals surface area contributed by atoms with Crippen molar-refractivity contribution in [2.75, 3.05) is 44.2 Å². The number of nitrogens with one attached hydrogen (secondary N) is 1. The second kappa shape index (κ2) is 13.6. The summed E-state index contributed by atoms with van der Waals surface area (Å²) in [6.45, 7) is 3.59. The van der Waals surface area contributed by atoms with Crippen molar-refractivity contribution < 1.29 is 53.7 Å². The molecule has 266 valence electrons. The molecule has 20 heteroatoms. The number of quaternary nitrogens is 1. The van der Waals surface area contributed by atoms with Crippen LogP contribution in [0.5, 0.6) is 11.5 Å². The summed E-state index contributed by atoms with van der Waals surface area (Å²) in [5.41, 5.74) is 5.83. The Hall–Kier alpha value is -4.59. The molecule has 1 aromatic carbocycles. The molecule has 1 unspecified atom stereocenters. The number of rotatable bonds is 10. The zero-order chi connectivity index (χ0) is 36.1. The van der Waals surface area contributed by atoms with Crippen molar-refractivity contribution in [2.24, 2.45) is 5.16 Å². The number of nitrogens with two attached hydrogens (primary N) is 1. The molecular weight excluding hydrogens is 718 g/mol. The maximum absolute atomic E-state index is 13.5. The van der Waals surface area contributed by atoms with Gasteiger partial charge in [-0.25, -0.2) is 14.6 Å². The van der Waals surface area contributed by atoms with Gasteiger partial charge in [-0.3, -0.25) is 19.3 Å². The van der Waals surface area contributed by atoms with Crippen LogP contribution >= 0.6 is 34.7 Å². The van der Waals surface area contributed by atoms with E-state index >= 15 is 0 Å². The number of carboxylic acid groups (broad SMARTS) is 2. The average Bonchev–Trinajstić information content (AvgIpc) is 3.70. The van der Waals surface area contributed by atoms with Gasteiger partial charge in [0.15, 0.2) is 22.3 Å². The number of amides is 3. The number of β-lactam (4-membered cyclic amide) rings is 1. The molecule has 5 atom stereocenters. The summed E-state index contributed by atoms with van der Waals surface area (Å²) in [5.74, 6) is -5.21. The molecule has 6 rings (SSSR count). The number of oxime groups is 1. The summed E-state index contributed by atoms with van der Waals surface area (Å²) in [4.78, 5) is 75.9. The lowest BCUT2D eigenvalue weighted by molar-refractivity contribution is -0.938. The summed E-state index contributed by atoms with van der Waals surface area (Å²) in [6, 6.07) is 1.45. The van der Waals surface area contributed by atoms with E-state index in [-0.39, 0.29) is 44.8 Å². The van der Waals surface area contributed by atoms with E-state index in [1.807, 2.05) is 0 Å². The number of phenolic OH excluding ortho intramolecular Hbond substituents is 2. The van der Waals surface area contributed by atoms with Crippen molar-refractivity contribution in [3.05, 3.63) is 45.1 Å². The standard InChI is InChI=1S/C30H32ClN7O10S2/c1-13(28(44)45)48-35-20(17-12-50-30(32)33-17)24(41)34-21-26(43)37-22(29(46)47)14(11-49-27(21)37)10-38-7-2-3-15(38)9-36(6-8-38)25(42)16-4-5-18(39)23(40)19(16)31/h4-5,12-13,15,21,27H,2-3,6-11H2,1H3,(H6-,32,33,34,35,39,40,41,42,44,45,46,47)/p+1/t13-,15-,21+,27+,38?/m0/s1. The molecule has 0 spiro atoms. The van der Waals surface area contributed by atoms with Crippen molar-refractivity contribution in [3.8, 4) is 11.5 Å². The average molecular weight is 751 g/mol. The number of nitrogen functional groups attached to an aromatic ring is 1. The minimum atomic E-state index is -1.39. The third kappa shape index (κ3) is 6.29. The third-order valence-corrected chi connectivity index (χ3v) is 11.8. The highest BCUT2D eigenvalue weighted by atomic mass is 35.5. The topological polar surface area (TPSA) is 245 Å². The molecule has 0 radical (unpaired) electrons. The minimum Gasteiger partial charge on any atom is -0.504 e. The Morgan fingerprint density at radius 1 is 1.24 bits per heavy atom. The number of hydrogen-bond acceptors (Lipinski definition) is 13. The molecule has 7 N–H and O–H groups in total. The highest BCUT2D eigenvalue weighted by Crippen LogP contribution is 2.43. The molecule has 1 aromatic heterocycles. The van der Waals surface area contributed by atoms with Crippen molar-refractivity contribution in [3.63, 3.8) is 0 Å². The maximum atomic E-state index is 13.5. The molecule has 3 fully saturated rings. The van der Waals surface area contributed by atoms with E-state index in [1.165, 1.54) is 41.1 Å². The number of phenols is 2. The van der Waals surface area contributed by atoms with Gasteiger partial charge in [-0.2, -0.15) is 0 Å². The zero-order valence-electron chi connectivity index (χ0n) is 26.4. The van der Waals surface area contributed by atoms with Gasteiger partial charge < -0.3 is 45.7 Å². The van der Waals surface area contributed by atoms with Crippen LogP contribution in [0.15, 0.2) is 33.9 Å². The first-order valence-corrected chi connectivity index (χ1v) is 17.8. The fraction of sp³-hybridized carbons (Fsp3) is 0.433. The van der Waals surface area contributed by atoms with E-state index in [1.54, 1.807) is 4.90 Å². The fourth-order valence-electron chi connectivity index (χ4n) is 6.86. The van der Waals surface area contributed by atoms with Crippen molar-refractivity contribution in [1.29, 1.82) is 0 Å². The van der Waals surface area contributed by atoms with Gasteiger partial charge in [0.05, 0.1) is 36.8 Å². The molecule has 4 aliphatic heterocycles. The number of aromatic nitrogens is 1. The summed E-state index contributed by atoms with van der Waals surface area (Å²) in [6.07, 6.45) is 0.269. The van der Waals surface area contributed by atoms with Crippen LogP contribution in [0.4, 0.5) is 5.13 Å². The molecule has 4 aliphatic rings. The minimum absolute atomic E-state index is 0.00916. The summed E-state index contributed by atoms with van der Waals surface area (Å²) >= 11 is 8.49. The first kappa shape index (κ1) is 35.2. The molecule has 3 amide bonds. The van der Waals surface area contributed by atoms with E-state index < -0.39 is 58.5 Å². The number of hydrogen-bond donors (Lipinski definition) is 6. The van der Waals surface area contributed by atoms with Gasteiger partial charge in [0, 0.05) is 29.5 Å². The monoisotopic (exact) mass is 750 g/mol. The first-order valence-electron chi connectivity index (χ1n) is 15.5. The van der Waals surface area contributed by atoms with Crippen LogP contribution in [0.25, 0.3) is 0 Å². The molecular formula is C30H33ClN7O10S2+. The second-order valence-corrected chi connectivity index (χ2v) is 14.8.